The van der Waals surface area contributed by atoms with E-state index < -0.39 is 0 Å². The van der Waals surface area contributed by atoms with Crippen LogP contribution in [-0.4, -0.2) is 31.1 Å². The van der Waals surface area contributed by atoms with E-state index in [-0.39, 0.29) is 0 Å². The Balaban J connectivity index is 1.79. The summed E-state index contributed by atoms with van der Waals surface area (Å²) < 4.78 is 1.17. The van der Waals surface area contributed by atoms with E-state index in [1.165, 1.54) is 48.9 Å². The average Bonchev–Trinajstić information content (AvgIpc) is 2.49. The predicted molar refractivity (Wildman–Crippen MR) is 94.6 cm³/mol. The van der Waals surface area contributed by atoms with Crippen LogP contribution in [0.1, 0.15) is 51.1 Å². The molecule has 118 valence electrons. The van der Waals surface area contributed by atoms with Gasteiger partial charge in [-0.2, -0.15) is 0 Å². The van der Waals surface area contributed by atoms with E-state index in [1.807, 2.05) is 0 Å². The van der Waals surface area contributed by atoms with Gasteiger partial charge in [0.05, 0.1) is 0 Å². The summed E-state index contributed by atoms with van der Waals surface area (Å²) in [5.41, 5.74) is 1.39. The zero-order valence-electron chi connectivity index (χ0n) is 13.4. The Morgan fingerprint density at radius 3 is 2.67 bits per heavy atom. The van der Waals surface area contributed by atoms with Gasteiger partial charge in [-0.3, -0.25) is 0 Å². The summed E-state index contributed by atoms with van der Waals surface area (Å²) in [5, 5.41) is 3.75. The number of hydrogen-bond acceptors (Lipinski definition) is 2. The van der Waals surface area contributed by atoms with Crippen LogP contribution < -0.4 is 5.32 Å². The maximum Gasteiger partial charge on any atom is 0.0318 e. The standard InChI is InChI=1S/C18H29BrN2/c1-3-18(16-8-7-9-17(19)12-16)20-13-15(2)14-21-10-5-4-6-11-21/h7-9,12,15,18,20H,3-6,10-11,13-14H2,1-2H3. The molecule has 1 aromatic rings. The highest BCUT2D eigenvalue weighted by molar-refractivity contribution is 9.10. The Kier molecular flexibility index (Phi) is 7.21. The van der Waals surface area contributed by atoms with E-state index in [4.69, 9.17) is 0 Å². The SMILES string of the molecule is CCC(NCC(C)CN1CCCCC1)c1cccc(Br)c1. The number of nitrogens with one attached hydrogen (secondary N) is 1. The van der Waals surface area contributed by atoms with Crippen molar-refractivity contribution in [3.8, 4) is 0 Å². The molecule has 1 fully saturated rings. The van der Waals surface area contributed by atoms with Crippen molar-refractivity contribution in [2.45, 2.75) is 45.6 Å². The van der Waals surface area contributed by atoms with Crippen molar-refractivity contribution in [1.29, 1.82) is 0 Å². The normalized spacial score (nSPS) is 19.4. The first-order valence-electron chi connectivity index (χ1n) is 8.40. The van der Waals surface area contributed by atoms with Crippen LogP contribution in [0.5, 0.6) is 0 Å². The van der Waals surface area contributed by atoms with Crippen LogP contribution in [0.15, 0.2) is 28.7 Å². The fraction of sp³-hybridized carbons (Fsp3) is 0.667. The second kappa shape index (κ2) is 8.92. The van der Waals surface area contributed by atoms with E-state index in [0.29, 0.717) is 12.0 Å². The molecule has 2 unspecified atom stereocenters. The minimum absolute atomic E-state index is 0.464. The summed E-state index contributed by atoms with van der Waals surface area (Å²) in [7, 11) is 0. The highest BCUT2D eigenvalue weighted by atomic mass is 79.9. The third-order valence-electron chi connectivity index (χ3n) is 4.39. The van der Waals surface area contributed by atoms with Crippen molar-refractivity contribution in [3.63, 3.8) is 0 Å². The molecule has 1 saturated heterocycles. The maximum atomic E-state index is 3.75. The summed E-state index contributed by atoms with van der Waals surface area (Å²) in [6, 6.07) is 9.14. The average molecular weight is 353 g/mol. The molecule has 2 rings (SSSR count). The lowest BCUT2D eigenvalue weighted by atomic mass is 10.0. The van der Waals surface area contributed by atoms with Crippen molar-refractivity contribution < 1.29 is 0 Å². The third-order valence-corrected chi connectivity index (χ3v) is 4.88. The van der Waals surface area contributed by atoms with Gasteiger partial charge in [-0.05, 0) is 62.5 Å². The number of hydrogen-bond donors (Lipinski definition) is 1. The van der Waals surface area contributed by atoms with Gasteiger partial charge in [0, 0.05) is 17.1 Å². The summed E-state index contributed by atoms with van der Waals surface area (Å²) >= 11 is 3.57. The van der Waals surface area contributed by atoms with E-state index in [1.54, 1.807) is 0 Å². The lowest BCUT2D eigenvalue weighted by molar-refractivity contribution is 0.197. The molecule has 1 aliphatic heterocycles. The molecule has 0 aromatic heterocycles. The fourth-order valence-electron chi connectivity index (χ4n) is 3.21. The van der Waals surface area contributed by atoms with Gasteiger partial charge < -0.3 is 10.2 Å². The molecule has 0 saturated carbocycles. The third kappa shape index (κ3) is 5.72. The highest BCUT2D eigenvalue weighted by Crippen LogP contribution is 2.21. The van der Waals surface area contributed by atoms with Gasteiger partial charge in [-0.15, -0.1) is 0 Å². The molecule has 1 aromatic carbocycles. The molecule has 21 heavy (non-hydrogen) atoms. The number of benzene rings is 1. The van der Waals surface area contributed by atoms with Gasteiger partial charge in [0.25, 0.3) is 0 Å². The lowest BCUT2D eigenvalue weighted by Crippen LogP contribution is -2.37. The molecule has 1 N–H and O–H groups in total. The van der Waals surface area contributed by atoms with Crippen LogP contribution in [0.25, 0.3) is 0 Å². The van der Waals surface area contributed by atoms with Crippen molar-refractivity contribution in [2.24, 2.45) is 5.92 Å². The van der Waals surface area contributed by atoms with Gasteiger partial charge in [0.15, 0.2) is 0 Å². The van der Waals surface area contributed by atoms with Crippen LogP contribution in [0, 0.1) is 5.92 Å². The summed E-state index contributed by atoms with van der Waals surface area (Å²) in [5.74, 6) is 0.712. The van der Waals surface area contributed by atoms with Gasteiger partial charge in [0.2, 0.25) is 0 Å². The number of likely N-dealkylation sites (tertiary alicyclic amines) is 1. The van der Waals surface area contributed by atoms with E-state index in [0.717, 1.165) is 13.0 Å². The highest BCUT2D eigenvalue weighted by Gasteiger charge is 2.15. The fourth-order valence-corrected chi connectivity index (χ4v) is 3.63. The van der Waals surface area contributed by atoms with Gasteiger partial charge in [0.1, 0.15) is 0 Å². The van der Waals surface area contributed by atoms with Crippen LogP contribution in [0.2, 0.25) is 0 Å². The minimum Gasteiger partial charge on any atom is -0.310 e. The molecule has 2 atom stereocenters. The Hall–Kier alpha value is -0.380. The van der Waals surface area contributed by atoms with Crippen molar-refractivity contribution in [3.05, 3.63) is 34.3 Å². The molecule has 0 radical (unpaired) electrons. The van der Waals surface area contributed by atoms with E-state index in [2.05, 4.69) is 64.3 Å². The van der Waals surface area contributed by atoms with Crippen molar-refractivity contribution in [2.75, 3.05) is 26.2 Å². The van der Waals surface area contributed by atoms with E-state index in [9.17, 15) is 0 Å². The summed E-state index contributed by atoms with van der Waals surface area (Å²) in [6.07, 6.45) is 5.32. The Morgan fingerprint density at radius 2 is 2.00 bits per heavy atom. The largest absolute Gasteiger partial charge is 0.310 e. The number of halogens is 1. The molecule has 0 spiro atoms. The topological polar surface area (TPSA) is 15.3 Å². The first kappa shape index (κ1) is 17.0. The lowest BCUT2D eigenvalue weighted by Gasteiger charge is -2.30. The maximum absolute atomic E-state index is 3.75. The Labute approximate surface area is 138 Å². The number of nitrogens with zero attached hydrogens (tertiary/aromatic N) is 1. The van der Waals surface area contributed by atoms with Gasteiger partial charge in [-0.25, -0.2) is 0 Å². The zero-order valence-corrected chi connectivity index (χ0v) is 15.0. The minimum atomic E-state index is 0.464. The molecule has 0 bridgehead atoms. The molecule has 3 heteroatoms. The van der Waals surface area contributed by atoms with Crippen LogP contribution in [0.3, 0.4) is 0 Å². The number of rotatable bonds is 7. The summed E-state index contributed by atoms with van der Waals surface area (Å²) in [4.78, 5) is 2.63. The smallest absolute Gasteiger partial charge is 0.0318 e. The second-order valence-electron chi connectivity index (χ2n) is 6.39. The van der Waals surface area contributed by atoms with Crippen LogP contribution in [0.4, 0.5) is 0 Å². The molecular weight excluding hydrogens is 324 g/mol. The zero-order chi connectivity index (χ0) is 15.1. The molecule has 1 aliphatic rings. The molecule has 2 nitrogen and oxygen atoms in total. The molecular formula is C18H29BrN2. The van der Waals surface area contributed by atoms with E-state index >= 15 is 0 Å². The Morgan fingerprint density at radius 1 is 1.24 bits per heavy atom. The first-order valence-corrected chi connectivity index (χ1v) is 9.19. The van der Waals surface area contributed by atoms with Crippen molar-refractivity contribution >= 4 is 15.9 Å². The molecule has 0 amide bonds. The monoisotopic (exact) mass is 352 g/mol. The Bertz CT molecular complexity index is 415. The summed E-state index contributed by atoms with van der Waals surface area (Å²) in [6.45, 7) is 9.56. The quantitative estimate of drug-likeness (QED) is 0.770. The first-order chi connectivity index (χ1) is 10.2. The van der Waals surface area contributed by atoms with Crippen LogP contribution >= 0.6 is 15.9 Å². The second-order valence-corrected chi connectivity index (χ2v) is 7.31. The number of piperidine rings is 1. The predicted octanol–water partition coefficient (Wildman–Crippen LogP) is 4.61. The molecule has 0 aliphatic carbocycles. The molecule has 1 heterocycles. The van der Waals surface area contributed by atoms with Crippen molar-refractivity contribution in [1.82, 2.24) is 10.2 Å². The van der Waals surface area contributed by atoms with Gasteiger partial charge in [-0.1, -0.05) is 48.3 Å². The van der Waals surface area contributed by atoms with Gasteiger partial charge >= 0.3 is 0 Å². The van der Waals surface area contributed by atoms with Crippen LogP contribution in [-0.2, 0) is 0 Å².